The van der Waals surface area contributed by atoms with Crippen LogP contribution in [0, 0.1) is 0 Å². The van der Waals surface area contributed by atoms with Gasteiger partial charge >= 0.3 is 0 Å². The molecule has 0 aliphatic heterocycles. The maximum Gasteiger partial charge on any atom is 0.291 e. The number of halogens is 1. The molecule has 0 saturated heterocycles. The summed E-state index contributed by atoms with van der Waals surface area (Å²) in [6.07, 6.45) is 1.43. The third-order valence-electron chi connectivity index (χ3n) is 2.01. The van der Waals surface area contributed by atoms with Crippen LogP contribution in [0.2, 0.25) is 5.02 Å². The van der Waals surface area contributed by atoms with Crippen LogP contribution in [0.1, 0.15) is 10.6 Å². The number of nitrogens with one attached hydrogen (secondary N) is 1. The maximum absolute atomic E-state index is 11.6. The standard InChI is InChI=1S/C11H9ClN2O2/c12-7-3-4-9(8(13)6-7)14-11(15)10-2-1-5-16-10/h1-6H,13H2,(H,14,15). The molecule has 1 amide bonds. The molecule has 1 aromatic carbocycles. The van der Waals surface area contributed by atoms with E-state index in [2.05, 4.69) is 5.32 Å². The van der Waals surface area contributed by atoms with Crippen molar-refractivity contribution in [2.24, 2.45) is 0 Å². The first-order chi connectivity index (χ1) is 7.66. The van der Waals surface area contributed by atoms with E-state index in [1.54, 1.807) is 30.3 Å². The van der Waals surface area contributed by atoms with Gasteiger partial charge in [0.25, 0.3) is 5.91 Å². The predicted octanol–water partition coefficient (Wildman–Crippen LogP) is 2.77. The van der Waals surface area contributed by atoms with Crippen LogP contribution >= 0.6 is 11.6 Å². The molecule has 0 bridgehead atoms. The zero-order valence-corrected chi connectivity index (χ0v) is 8.99. The van der Waals surface area contributed by atoms with Crippen LogP contribution in [0.5, 0.6) is 0 Å². The highest BCUT2D eigenvalue weighted by Crippen LogP contribution is 2.23. The summed E-state index contributed by atoms with van der Waals surface area (Å²) >= 11 is 5.74. The lowest BCUT2D eigenvalue weighted by molar-refractivity contribution is 0.0996. The Balaban J connectivity index is 2.18. The second-order valence-electron chi connectivity index (χ2n) is 3.16. The van der Waals surface area contributed by atoms with Crippen molar-refractivity contribution in [2.45, 2.75) is 0 Å². The fraction of sp³-hybridized carbons (Fsp3) is 0. The molecule has 2 rings (SSSR count). The minimum Gasteiger partial charge on any atom is -0.459 e. The predicted molar refractivity (Wildman–Crippen MR) is 62.5 cm³/mol. The fourth-order valence-corrected chi connectivity index (χ4v) is 1.42. The first-order valence-corrected chi connectivity index (χ1v) is 4.94. The Morgan fingerprint density at radius 3 is 2.81 bits per heavy atom. The van der Waals surface area contributed by atoms with Crippen molar-refractivity contribution >= 4 is 28.9 Å². The molecule has 0 spiro atoms. The fourth-order valence-electron chi connectivity index (χ4n) is 1.24. The van der Waals surface area contributed by atoms with Gasteiger partial charge in [-0.2, -0.15) is 0 Å². The number of carbonyl (C=O) groups excluding carboxylic acids is 1. The first kappa shape index (κ1) is 10.6. The smallest absolute Gasteiger partial charge is 0.291 e. The summed E-state index contributed by atoms with van der Waals surface area (Å²) in [6.45, 7) is 0. The van der Waals surface area contributed by atoms with E-state index >= 15 is 0 Å². The summed E-state index contributed by atoms with van der Waals surface area (Å²) in [7, 11) is 0. The number of rotatable bonds is 2. The molecule has 0 fully saturated rings. The first-order valence-electron chi connectivity index (χ1n) is 4.56. The quantitative estimate of drug-likeness (QED) is 0.788. The van der Waals surface area contributed by atoms with Gasteiger partial charge in [-0.1, -0.05) is 11.6 Å². The zero-order chi connectivity index (χ0) is 11.5. The number of hydrogen-bond donors (Lipinski definition) is 2. The molecule has 0 aliphatic carbocycles. The average molecular weight is 237 g/mol. The largest absolute Gasteiger partial charge is 0.459 e. The van der Waals surface area contributed by atoms with Gasteiger partial charge in [-0.25, -0.2) is 0 Å². The molecule has 1 heterocycles. The molecule has 0 unspecified atom stereocenters. The molecule has 0 radical (unpaired) electrons. The third-order valence-corrected chi connectivity index (χ3v) is 2.24. The van der Waals surface area contributed by atoms with Crippen molar-refractivity contribution in [3.8, 4) is 0 Å². The van der Waals surface area contributed by atoms with Crippen molar-refractivity contribution in [1.29, 1.82) is 0 Å². The van der Waals surface area contributed by atoms with E-state index < -0.39 is 0 Å². The van der Waals surface area contributed by atoms with Crippen LogP contribution in [0.4, 0.5) is 11.4 Å². The number of nitrogen functional groups attached to an aromatic ring is 1. The second-order valence-corrected chi connectivity index (χ2v) is 3.60. The van der Waals surface area contributed by atoms with Gasteiger partial charge in [0.2, 0.25) is 0 Å². The van der Waals surface area contributed by atoms with Gasteiger partial charge in [0.15, 0.2) is 5.76 Å². The summed E-state index contributed by atoms with van der Waals surface area (Å²) in [5.74, 6) is -0.117. The minimum atomic E-state index is -0.348. The highest BCUT2D eigenvalue weighted by molar-refractivity contribution is 6.31. The lowest BCUT2D eigenvalue weighted by atomic mass is 10.2. The van der Waals surface area contributed by atoms with Crippen LogP contribution in [0.25, 0.3) is 0 Å². The topological polar surface area (TPSA) is 68.3 Å². The van der Waals surface area contributed by atoms with Gasteiger partial charge in [-0.3, -0.25) is 4.79 Å². The number of hydrogen-bond acceptors (Lipinski definition) is 3. The lowest BCUT2D eigenvalue weighted by Gasteiger charge is -2.06. The summed E-state index contributed by atoms with van der Waals surface area (Å²) in [6, 6.07) is 8.06. The average Bonchev–Trinajstić information content (AvgIpc) is 2.75. The molecule has 0 saturated carbocycles. The summed E-state index contributed by atoms with van der Waals surface area (Å²) < 4.78 is 4.95. The minimum absolute atomic E-state index is 0.231. The number of anilines is 2. The number of nitrogens with two attached hydrogens (primary N) is 1. The molecule has 16 heavy (non-hydrogen) atoms. The van der Waals surface area contributed by atoms with Crippen LogP contribution in [-0.2, 0) is 0 Å². The third kappa shape index (κ3) is 2.17. The number of carbonyl (C=O) groups is 1. The maximum atomic E-state index is 11.6. The molecule has 0 atom stereocenters. The number of amides is 1. The van der Waals surface area contributed by atoms with Gasteiger partial charge in [0, 0.05) is 5.02 Å². The highest BCUT2D eigenvalue weighted by Gasteiger charge is 2.10. The van der Waals surface area contributed by atoms with E-state index in [1.165, 1.54) is 6.26 Å². The van der Waals surface area contributed by atoms with Gasteiger partial charge in [-0.15, -0.1) is 0 Å². The Hall–Kier alpha value is -1.94. The van der Waals surface area contributed by atoms with Crippen molar-refractivity contribution in [1.82, 2.24) is 0 Å². The summed E-state index contributed by atoms with van der Waals surface area (Å²) in [5.41, 5.74) is 6.61. The van der Waals surface area contributed by atoms with E-state index in [9.17, 15) is 4.79 Å². The Kier molecular flexibility index (Phi) is 2.83. The Morgan fingerprint density at radius 2 is 2.19 bits per heavy atom. The second kappa shape index (κ2) is 4.28. The van der Waals surface area contributed by atoms with Gasteiger partial charge < -0.3 is 15.5 Å². The summed E-state index contributed by atoms with van der Waals surface area (Å²) in [4.78, 5) is 11.6. The normalized spacial score (nSPS) is 10.1. The Labute approximate surface area is 97.0 Å². The molecular weight excluding hydrogens is 228 g/mol. The van der Waals surface area contributed by atoms with E-state index in [0.717, 1.165) is 0 Å². The monoisotopic (exact) mass is 236 g/mol. The molecule has 82 valence electrons. The van der Waals surface area contributed by atoms with Crippen molar-refractivity contribution < 1.29 is 9.21 Å². The van der Waals surface area contributed by atoms with Crippen LogP contribution < -0.4 is 11.1 Å². The Morgan fingerprint density at radius 1 is 1.38 bits per heavy atom. The van der Waals surface area contributed by atoms with Crippen LogP contribution in [0.15, 0.2) is 41.0 Å². The highest BCUT2D eigenvalue weighted by atomic mass is 35.5. The molecule has 1 aromatic heterocycles. The zero-order valence-electron chi connectivity index (χ0n) is 8.24. The number of furan rings is 1. The van der Waals surface area contributed by atoms with Crippen molar-refractivity contribution in [3.63, 3.8) is 0 Å². The lowest BCUT2D eigenvalue weighted by Crippen LogP contribution is -2.12. The van der Waals surface area contributed by atoms with Gasteiger partial charge in [0.05, 0.1) is 17.6 Å². The van der Waals surface area contributed by atoms with Crippen molar-refractivity contribution in [2.75, 3.05) is 11.1 Å². The summed E-state index contributed by atoms with van der Waals surface area (Å²) in [5, 5.41) is 3.15. The van der Waals surface area contributed by atoms with Gasteiger partial charge in [0.1, 0.15) is 0 Å². The molecular formula is C11H9ClN2O2. The molecule has 5 heteroatoms. The van der Waals surface area contributed by atoms with Gasteiger partial charge in [-0.05, 0) is 30.3 Å². The molecule has 0 aliphatic rings. The molecule has 2 aromatic rings. The van der Waals surface area contributed by atoms with Crippen molar-refractivity contribution in [3.05, 3.63) is 47.4 Å². The van der Waals surface area contributed by atoms with E-state index in [0.29, 0.717) is 16.4 Å². The number of benzene rings is 1. The van der Waals surface area contributed by atoms with Crippen LogP contribution in [-0.4, -0.2) is 5.91 Å². The van der Waals surface area contributed by atoms with Crippen LogP contribution in [0.3, 0.4) is 0 Å². The van der Waals surface area contributed by atoms with E-state index in [1.807, 2.05) is 0 Å². The molecule has 3 N–H and O–H groups in total. The Bertz CT molecular complexity index is 509. The van der Waals surface area contributed by atoms with E-state index in [4.69, 9.17) is 21.8 Å². The van der Waals surface area contributed by atoms with E-state index in [-0.39, 0.29) is 11.7 Å². The SMILES string of the molecule is Nc1cc(Cl)ccc1NC(=O)c1ccco1. The molecule has 4 nitrogen and oxygen atoms in total.